The number of hydrogen-bond acceptors (Lipinski definition) is 2. The van der Waals surface area contributed by atoms with E-state index in [1.165, 1.54) is 19.3 Å². The molecule has 2 rings (SSSR count). The van der Waals surface area contributed by atoms with Crippen molar-refractivity contribution in [2.24, 2.45) is 5.92 Å². The van der Waals surface area contributed by atoms with E-state index in [2.05, 4.69) is 11.8 Å². The number of carboxylic acids is 1. The van der Waals surface area contributed by atoms with E-state index in [1.807, 2.05) is 30.3 Å². The maximum Gasteiger partial charge on any atom is 0.312 e. The molecule has 1 aliphatic rings. The van der Waals surface area contributed by atoms with Gasteiger partial charge in [-0.25, -0.2) is 0 Å². The topological polar surface area (TPSA) is 40.5 Å². The van der Waals surface area contributed by atoms with Crippen LogP contribution in [0.1, 0.15) is 37.7 Å². The van der Waals surface area contributed by atoms with Gasteiger partial charge in [0.15, 0.2) is 0 Å². The van der Waals surface area contributed by atoms with Crippen LogP contribution in [0, 0.1) is 5.92 Å². The molecule has 0 bridgehead atoms. The lowest BCUT2D eigenvalue weighted by atomic mass is 9.98. The Morgan fingerprint density at radius 1 is 1.42 bits per heavy atom. The Hall–Kier alpha value is -1.35. The van der Waals surface area contributed by atoms with Gasteiger partial charge in [-0.15, -0.1) is 0 Å². The molecular weight excluding hydrogens is 238 g/mol. The van der Waals surface area contributed by atoms with Crippen LogP contribution in [0.15, 0.2) is 30.3 Å². The van der Waals surface area contributed by atoms with E-state index in [4.69, 9.17) is 0 Å². The van der Waals surface area contributed by atoms with Gasteiger partial charge in [-0.1, -0.05) is 43.7 Å². The van der Waals surface area contributed by atoms with Crippen molar-refractivity contribution in [2.75, 3.05) is 19.6 Å². The van der Waals surface area contributed by atoms with Crippen LogP contribution in [-0.2, 0) is 4.79 Å². The van der Waals surface area contributed by atoms with Gasteiger partial charge in [0.25, 0.3) is 0 Å². The zero-order chi connectivity index (χ0) is 13.7. The average Bonchev–Trinajstić information content (AvgIpc) is 2.85. The Labute approximate surface area is 115 Å². The molecule has 1 N–H and O–H groups in total. The Bertz CT molecular complexity index is 404. The fraction of sp³-hybridized carbons (Fsp3) is 0.562. The molecule has 0 saturated carbocycles. The van der Waals surface area contributed by atoms with Crippen molar-refractivity contribution in [3.8, 4) is 0 Å². The second-order valence-electron chi connectivity index (χ2n) is 5.50. The summed E-state index contributed by atoms with van der Waals surface area (Å²) in [5.74, 6) is -0.359. The normalized spacial score (nSPS) is 21.4. The second kappa shape index (κ2) is 6.71. The van der Waals surface area contributed by atoms with Crippen LogP contribution < -0.4 is 0 Å². The summed E-state index contributed by atoms with van der Waals surface area (Å²) in [6.45, 7) is 4.96. The first-order valence-electron chi connectivity index (χ1n) is 7.20. The molecule has 2 atom stereocenters. The lowest BCUT2D eigenvalue weighted by molar-refractivity contribution is -0.139. The van der Waals surface area contributed by atoms with Gasteiger partial charge in [-0.2, -0.15) is 0 Å². The van der Waals surface area contributed by atoms with Crippen LogP contribution in [-0.4, -0.2) is 35.6 Å². The highest BCUT2D eigenvalue weighted by Crippen LogP contribution is 2.24. The highest BCUT2D eigenvalue weighted by Gasteiger charge is 2.27. The molecule has 1 aromatic rings. The van der Waals surface area contributed by atoms with Crippen molar-refractivity contribution < 1.29 is 9.90 Å². The van der Waals surface area contributed by atoms with Crippen molar-refractivity contribution in [1.29, 1.82) is 0 Å². The van der Waals surface area contributed by atoms with Gasteiger partial charge in [-0.3, -0.25) is 4.79 Å². The molecule has 3 nitrogen and oxygen atoms in total. The standard InChI is InChI=1S/C16H23NO2/c1-2-6-13-9-10-17(11-13)12-15(16(18)19)14-7-4-3-5-8-14/h3-5,7-8,13,15H,2,6,9-12H2,1H3,(H,18,19). The fourth-order valence-corrected chi connectivity index (χ4v) is 2.99. The lowest BCUT2D eigenvalue weighted by Gasteiger charge is -2.21. The van der Waals surface area contributed by atoms with Gasteiger partial charge < -0.3 is 10.0 Å². The third kappa shape index (κ3) is 3.80. The van der Waals surface area contributed by atoms with Gasteiger partial charge in [-0.05, 0) is 30.9 Å². The summed E-state index contributed by atoms with van der Waals surface area (Å²) in [7, 11) is 0. The summed E-state index contributed by atoms with van der Waals surface area (Å²) in [6.07, 6.45) is 3.70. The summed E-state index contributed by atoms with van der Waals surface area (Å²) >= 11 is 0. The quantitative estimate of drug-likeness (QED) is 0.856. The predicted molar refractivity (Wildman–Crippen MR) is 76.3 cm³/mol. The minimum atomic E-state index is -0.717. The highest BCUT2D eigenvalue weighted by atomic mass is 16.4. The van der Waals surface area contributed by atoms with Crippen LogP contribution in [0.4, 0.5) is 0 Å². The molecule has 1 heterocycles. The minimum absolute atomic E-state index is 0.401. The van der Waals surface area contributed by atoms with Crippen LogP contribution in [0.5, 0.6) is 0 Å². The van der Waals surface area contributed by atoms with E-state index in [0.29, 0.717) is 6.54 Å². The lowest BCUT2D eigenvalue weighted by Crippen LogP contribution is -2.30. The summed E-state index contributed by atoms with van der Waals surface area (Å²) in [5.41, 5.74) is 0.911. The zero-order valence-corrected chi connectivity index (χ0v) is 11.6. The number of carboxylic acid groups (broad SMARTS) is 1. The van der Waals surface area contributed by atoms with Gasteiger partial charge in [0.05, 0.1) is 5.92 Å². The highest BCUT2D eigenvalue weighted by molar-refractivity contribution is 5.76. The first kappa shape index (κ1) is 14.1. The Balaban J connectivity index is 1.97. The molecule has 104 valence electrons. The van der Waals surface area contributed by atoms with E-state index < -0.39 is 11.9 Å². The molecule has 2 unspecified atom stereocenters. The number of carbonyl (C=O) groups is 1. The minimum Gasteiger partial charge on any atom is -0.481 e. The fourth-order valence-electron chi connectivity index (χ4n) is 2.99. The third-order valence-electron chi connectivity index (χ3n) is 4.01. The Morgan fingerprint density at radius 3 is 2.79 bits per heavy atom. The molecule has 1 aromatic carbocycles. The maximum absolute atomic E-state index is 11.5. The smallest absolute Gasteiger partial charge is 0.312 e. The van der Waals surface area contributed by atoms with Gasteiger partial charge in [0, 0.05) is 13.1 Å². The van der Waals surface area contributed by atoms with Crippen molar-refractivity contribution in [3.63, 3.8) is 0 Å². The molecule has 0 aliphatic carbocycles. The van der Waals surface area contributed by atoms with Crippen molar-refractivity contribution >= 4 is 5.97 Å². The summed E-state index contributed by atoms with van der Waals surface area (Å²) in [4.78, 5) is 13.8. The molecule has 1 fully saturated rings. The monoisotopic (exact) mass is 261 g/mol. The van der Waals surface area contributed by atoms with Crippen LogP contribution >= 0.6 is 0 Å². The third-order valence-corrected chi connectivity index (χ3v) is 4.01. The number of aliphatic carboxylic acids is 1. The number of likely N-dealkylation sites (tertiary alicyclic amines) is 1. The molecule has 19 heavy (non-hydrogen) atoms. The molecule has 0 amide bonds. The summed E-state index contributed by atoms with van der Waals surface area (Å²) in [6, 6.07) is 9.58. The first-order chi connectivity index (χ1) is 9.20. The SMILES string of the molecule is CCCC1CCN(CC(C(=O)O)c2ccccc2)C1. The largest absolute Gasteiger partial charge is 0.481 e. The molecule has 0 spiro atoms. The van der Waals surface area contributed by atoms with Crippen LogP contribution in [0.2, 0.25) is 0 Å². The van der Waals surface area contributed by atoms with Gasteiger partial charge >= 0.3 is 5.97 Å². The van der Waals surface area contributed by atoms with E-state index >= 15 is 0 Å². The number of hydrogen-bond donors (Lipinski definition) is 1. The van der Waals surface area contributed by atoms with E-state index in [9.17, 15) is 9.90 Å². The molecular formula is C16H23NO2. The molecule has 1 saturated heterocycles. The molecule has 0 aromatic heterocycles. The Kier molecular flexibility index (Phi) is 4.97. The van der Waals surface area contributed by atoms with Crippen LogP contribution in [0.3, 0.4) is 0 Å². The average molecular weight is 261 g/mol. The number of nitrogens with zero attached hydrogens (tertiary/aromatic N) is 1. The zero-order valence-electron chi connectivity index (χ0n) is 11.6. The van der Waals surface area contributed by atoms with Gasteiger partial charge in [0.1, 0.15) is 0 Å². The van der Waals surface area contributed by atoms with Gasteiger partial charge in [0.2, 0.25) is 0 Å². The molecule has 0 radical (unpaired) electrons. The maximum atomic E-state index is 11.5. The predicted octanol–water partition coefficient (Wildman–Crippen LogP) is 2.98. The molecule has 3 heteroatoms. The van der Waals surface area contributed by atoms with Crippen molar-refractivity contribution in [3.05, 3.63) is 35.9 Å². The van der Waals surface area contributed by atoms with E-state index in [1.54, 1.807) is 0 Å². The van der Waals surface area contributed by atoms with Crippen molar-refractivity contribution in [2.45, 2.75) is 32.1 Å². The van der Waals surface area contributed by atoms with E-state index in [-0.39, 0.29) is 0 Å². The summed E-state index contributed by atoms with van der Waals surface area (Å²) < 4.78 is 0. The van der Waals surface area contributed by atoms with Crippen molar-refractivity contribution in [1.82, 2.24) is 4.90 Å². The molecule has 1 aliphatic heterocycles. The second-order valence-corrected chi connectivity index (χ2v) is 5.50. The Morgan fingerprint density at radius 2 is 2.16 bits per heavy atom. The number of rotatable bonds is 6. The van der Waals surface area contributed by atoms with Crippen LogP contribution in [0.25, 0.3) is 0 Å². The number of benzene rings is 1. The first-order valence-corrected chi connectivity index (χ1v) is 7.20. The van der Waals surface area contributed by atoms with E-state index in [0.717, 1.165) is 24.6 Å². The summed E-state index contributed by atoms with van der Waals surface area (Å²) in [5, 5.41) is 9.43.